The van der Waals surface area contributed by atoms with E-state index >= 15 is 0 Å². The van der Waals surface area contributed by atoms with Gasteiger partial charge >= 0.3 is 0 Å². The summed E-state index contributed by atoms with van der Waals surface area (Å²) in [4.78, 5) is 1.06. The van der Waals surface area contributed by atoms with Gasteiger partial charge in [0.15, 0.2) is 0 Å². The molecule has 0 saturated carbocycles. The molecule has 0 aliphatic rings. The van der Waals surface area contributed by atoms with Gasteiger partial charge in [0.2, 0.25) is 0 Å². The number of hydrogen-bond acceptors (Lipinski definition) is 1. The highest BCUT2D eigenvalue weighted by Crippen LogP contribution is 2.18. The quantitative estimate of drug-likeness (QED) is 0.617. The first-order valence-electron chi connectivity index (χ1n) is 4.17. The van der Waals surface area contributed by atoms with Gasteiger partial charge in [0.1, 0.15) is 0 Å². The smallest absolute Gasteiger partial charge is 0.0528 e. The molecule has 12 heavy (non-hydrogen) atoms. The second kappa shape index (κ2) is 5.31. The zero-order valence-corrected chi connectivity index (χ0v) is 9.20. The van der Waals surface area contributed by atoms with E-state index in [1.807, 2.05) is 13.8 Å². The van der Waals surface area contributed by atoms with Gasteiger partial charge in [0.05, 0.1) is 10.8 Å². The van der Waals surface area contributed by atoms with E-state index in [0.717, 1.165) is 4.91 Å². The van der Waals surface area contributed by atoms with Gasteiger partial charge < -0.3 is 0 Å². The summed E-state index contributed by atoms with van der Waals surface area (Å²) in [5, 5.41) is 0. The van der Waals surface area contributed by atoms with E-state index in [4.69, 9.17) is 0 Å². The van der Waals surface area contributed by atoms with E-state index in [-0.39, 0.29) is 0 Å². The van der Waals surface area contributed by atoms with E-state index < -0.39 is 10.8 Å². The van der Waals surface area contributed by atoms with Crippen molar-refractivity contribution in [2.75, 3.05) is 5.75 Å². The van der Waals surface area contributed by atoms with Crippen molar-refractivity contribution in [2.24, 2.45) is 5.92 Å². The molecule has 0 fully saturated rings. The van der Waals surface area contributed by atoms with Crippen LogP contribution < -0.4 is 0 Å². The van der Waals surface area contributed by atoms with Crippen LogP contribution in [0.2, 0.25) is 0 Å². The number of allylic oxidation sites excluding steroid dienone is 2. The Morgan fingerprint density at radius 2 is 2.00 bits per heavy atom. The van der Waals surface area contributed by atoms with E-state index in [9.17, 15) is 4.21 Å². The molecule has 0 aromatic heterocycles. The summed E-state index contributed by atoms with van der Waals surface area (Å²) in [6.07, 6.45) is 1.71. The van der Waals surface area contributed by atoms with Gasteiger partial charge in [-0.3, -0.25) is 4.21 Å². The van der Waals surface area contributed by atoms with E-state index in [1.165, 1.54) is 5.57 Å². The van der Waals surface area contributed by atoms with Crippen molar-refractivity contribution in [3.63, 3.8) is 0 Å². The van der Waals surface area contributed by atoms with Crippen molar-refractivity contribution in [1.82, 2.24) is 0 Å². The zero-order valence-electron chi connectivity index (χ0n) is 8.39. The normalized spacial score (nSPS) is 12.8. The Morgan fingerprint density at radius 1 is 1.50 bits per heavy atom. The largest absolute Gasteiger partial charge is 0.254 e. The first-order chi connectivity index (χ1) is 5.50. The Balaban J connectivity index is 4.66. The Hall–Kier alpha value is -0.370. The monoisotopic (exact) mass is 186 g/mol. The molecule has 0 aromatic carbocycles. The Kier molecular flexibility index (Phi) is 5.14. The summed E-state index contributed by atoms with van der Waals surface area (Å²) in [6, 6.07) is 0. The van der Waals surface area contributed by atoms with Gasteiger partial charge in [-0.25, -0.2) is 0 Å². The second-order valence-corrected chi connectivity index (χ2v) is 4.78. The molecule has 0 aliphatic carbocycles. The minimum Gasteiger partial charge on any atom is -0.254 e. The molecule has 1 unspecified atom stereocenters. The second-order valence-electron chi connectivity index (χ2n) is 3.32. The van der Waals surface area contributed by atoms with E-state index in [2.05, 4.69) is 20.4 Å². The molecular weight excluding hydrogens is 168 g/mol. The molecule has 0 spiro atoms. The minimum atomic E-state index is -0.856. The zero-order chi connectivity index (χ0) is 9.72. The maximum Gasteiger partial charge on any atom is 0.0528 e. The van der Waals surface area contributed by atoms with Crippen LogP contribution in [-0.4, -0.2) is 9.96 Å². The molecule has 0 rings (SSSR count). The molecule has 0 aromatic rings. The molecule has 2 heteroatoms. The maximum absolute atomic E-state index is 11.6. The van der Waals surface area contributed by atoms with Crippen LogP contribution in [0.25, 0.3) is 0 Å². The molecule has 0 saturated heterocycles. The van der Waals surface area contributed by atoms with Crippen LogP contribution in [0.4, 0.5) is 0 Å². The van der Waals surface area contributed by atoms with Crippen molar-refractivity contribution in [2.45, 2.75) is 27.7 Å². The van der Waals surface area contributed by atoms with Gasteiger partial charge in [-0.2, -0.15) is 0 Å². The van der Waals surface area contributed by atoms with Crippen LogP contribution in [-0.2, 0) is 10.8 Å². The molecular formula is C10H18OS. The highest BCUT2D eigenvalue weighted by Gasteiger charge is 2.11. The third-order valence-corrected chi connectivity index (χ3v) is 3.44. The Bertz CT molecular complexity index is 210. The summed E-state index contributed by atoms with van der Waals surface area (Å²) in [5.74, 6) is 0.939. The van der Waals surface area contributed by atoms with Crippen molar-refractivity contribution in [1.29, 1.82) is 0 Å². The molecule has 0 bridgehead atoms. The lowest BCUT2D eigenvalue weighted by molar-refractivity contribution is 0.680. The lowest BCUT2D eigenvalue weighted by Crippen LogP contribution is -2.06. The molecule has 1 atom stereocenters. The van der Waals surface area contributed by atoms with Crippen LogP contribution in [0, 0.1) is 5.92 Å². The molecule has 0 aliphatic heterocycles. The topological polar surface area (TPSA) is 17.1 Å². The first-order valence-corrected chi connectivity index (χ1v) is 5.49. The highest BCUT2D eigenvalue weighted by molar-refractivity contribution is 7.89. The summed E-state index contributed by atoms with van der Waals surface area (Å²) in [5.41, 5.74) is 1.17. The molecule has 0 amide bonds. The fourth-order valence-electron chi connectivity index (χ4n) is 1.26. The summed E-state index contributed by atoms with van der Waals surface area (Å²) >= 11 is 0. The predicted molar refractivity (Wildman–Crippen MR) is 56.4 cm³/mol. The third kappa shape index (κ3) is 3.35. The van der Waals surface area contributed by atoms with Crippen LogP contribution >= 0.6 is 0 Å². The van der Waals surface area contributed by atoms with Gasteiger partial charge in [-0.1, -0.05) is 25.5 Å². The lowest BCUT2D eigenvalue weighted by atomic mass is 10.1. The van der Waals surface area contributed by atoms with Crippen LogP contribution in [0.15, 0.2) is 23.1 Å². The average molecular weight is 186 g/mol. The van der Waals surface area contributed by atoms with Gasteiger partial charge in [-0.05, 0) is 19.8 Å². The van der Waals surface area contributed by atoms with E-state index in [1.54, 1.807) is 6.08 Å². The van der Waals surface area contributed by atoms with Crippen molar-refractivity contribution in [3.05, 3.63) is 23.1 Å². The fourth-order valence-corrected chi connectivity index (χ4v) is 2.64. The van der Waals surface area contributed by atoms with Gasteiger partial charge in [0, 0.05) is 10.7 Å². The predicted octanol–water partition coefficient (Wildman–Crippen LogP) is 2.87. The van der Waals surface area contributed by atoms with Crippen LogP contribution in [0.3, 0.4) is 0 Å². The van der Waals surface area contributed by atoms with Gasteiger partial charge in [-0.15, -0.1) is 6.58 Å². The Morgan fingerprint density at radius 3 is 2.25 bits per heavy atom. The summed E-state index contributed by atoms with van der Waals surface area (Å²) in [7, 11) is -0.856. The number of hydrogen-bond donors (Lipinski definition) is 0. The SMILES string of the molecule is C=CCS(=O)C(=C(C)C)C(C)C. The molecule has 0 radical (unpaired) electrons. The Labute approximate surface area is 78.0 Å². The van der Waals surface area contributed by atoms with Crippen molar-refractivity contribution >= 4 is 10.8 Å². The first kappa shape index (κ1) is 11.6. The highest BCUT2D eigenvalue weighted by atomic mass is 32.2. The molecule has 0 heterocycles. The van der Waals surface area contributed by atoms with Crippen molar-refractivity contribution < 1.29 is 4.21 Å². The molecule has 1 nitrogen and oxygen atoms in total. The molecule has 70 valence electrons. The number of rotatable bonds is 4. The fraction of sp³-hybridized carbons (Fsp3) is 0.600. The van der Waals surface area contributed by atoms with Crippen LogP contribution in [0.5, 0.6) is 0 Å². The molecule has 0 N–H and O–H groups in total. The third-order valence-electron chi connectivity index (χ3n) is 1.53. The lowest BCUT2D eigenvalue weighted by Gasteiger charge is -2.11. The summed E-state index contributed by atoms with van der Waals surface area (Å²) in [6.45, 7) is 11.8. The summed E-state index contributed by atoms with van der Waals surface area (Å²) < 4.78 is 11.6. The van der Waals surface area contributed by atoms with Crippen molar-refractivity contribution in [3.8, 4) is 0 Å². The average Bonchev–Trinajstić information content (AvgIpc) is 1.85. The minimum absolute atomic E-state index is 0.371. The van der Waals surface area contributed by atoms with E-state index in [0.29, 0.717) is 11.7 Å². The van der Waals surface area contributed by atoms with Crippen LogP contribution in [0.1, 0.15) is 27.7 Å². The maximum atomic E-state index is 11.6. The van der Waals surface area contributed by atoms with Gasteiger partial charge in [0.25, 0.3) is 0 Å². The standard InChI is InChI=1S/C10H18OS/c1-6-7-12(11)10(8(2)3)9(4)5/h6,8H,1,7H2,2-5H3.